The standard InChI is InChI=1S/C27H25F4N/c1-19(22-10-11-25(26(28)17-22)21-6-3-2-4-7-21)18-32-14-12-20(13-15-32)23-8-5-9-24(16-23)27(29,30)31/h2-12,16-17,19H,13-15,18H2,1H3. The number of benzene rings is 3. The summed E-state index contributed by atoms with van der Waals surface area (Å²) in [5.41, 5.74) is 3.34. The van der Waals surface area contributed by atoms with Gasteiger partial charge < -0.3 is 0 Å². The Morgan fingerprint density at radius 2 is 1.66 bits per heavy atom. The Hall–Kier alpha value is -2.92. The molecule has 1 atom stereocenters. The van der Waals surface area contributed by atoms with Crippen LogP contribution in [0, 0.1) is 5.82 Å². The van der Waals surface area contributed by atoms with Crippen LogP contribution in [0.4, 0.5) is 17.6 Å². The third kappa shape index (κ3) is 5.10. The van der Waals surface area contributed by atoms with Crippen LogP contribution >= 0.6 is 0 Å². The van der Waals surface area contributed by atoms with Gasteiger partial charge in [-0.2, -0.15) is 13.2 Å². The molecule has 0 fully saturated rings. The second-order valence-electron chi connectivity index (χ2n) is 8.32. The summed E-state index contributed by atoms with van der Waals surface area (Å²) in [6.45, 7) is 4.26. The molecule has 0 bridgehead atoms. The van der Waals surface area contributed by atoms with E-state index in [2.05, 4.69) is 11.8 Å². The fraction of sp³-hybridized carbons (Fsp3) is 0.259. The molecule has 1 unspecified atom stereocenters. The van der Waals surface area contributed by atoms with Crippen molar-refractivity contribution >= 4 is 5.57 Å². The van der Waals surface area contributed by atoms with Gasteiger partial charge in [-0.15, -0.1) is 0 Å². The molecule has 0 aromatic heterocycles. The maximum absolute atomic E-state index is 14.7. The summed E-state index contributed by atoms with van der Waals surface area (Å²) in [6, 6.07) is 20.4. The molecule has 0 saturated heterocycles. The van der Waals surface area contributed by atoms with E-state index in [0.29, 0.717) is 24.1 Å². The van der Waals surface area contributed by atoms with Crippen molar-refractivity contribution < 1.29 is 17.6 Å². The zero-order chi connectivity index (χ0) is 22.7. The van der Waals surface area contributed by atoms with Crippen LogP contribution in [0.5, 0.6) is 0 Å². The molecule has 0 N–H and O–H groups in total. The van der Waals surface area contributed by atoms with E-state index in [4.69, 9.17) is 0 Å². The summed E-state index contributed by atoms with van der Waals surface area (Å²) in [4.78, 5) is 2.25. The van der Waals surface area contributed by atoms with Gasteiger partial charge in [-0.25, -0.2) is 4.39 Å². The van der Waals surface area contributed by atoms with Crippen molar-refractivity contribution in [2.75, 3.05) is 19.6 Å². The van der Waals surface area contributed by atoms with Crippen molar-refractivity contribution in [3.8, 4) is 11.1 Å². The molecule has 1 heterocycles. The van der Waals surface area contributed by atoms with Gasteiger partial charge in [0.15, 0.2) is 0 Å². The van der Waals surface area contributed by atoms with Crippen LogP contribution in [0.25, 0.3) is 16.7 Å². The molecule has 5 heteroatoms. The molecule has 4 rings (SSSR count). The first-order chi connectivity index (χ1) is 15.3. The molecule has 0 spiro atoms. The van der Waals surface area contributed by atoms with E-state index in [-0.39, 0.29) is 11.7 Å². The minimum atomic E-state index is -4.34. The van der Waals surface area contributed by atoms with Gasteiger partial charge in [-0.1, -0.05) is 67.6 Å². The predicted octanol–water partition coefficient (Wildman–Crippen LogP) is 7.40. The first-order valence-electron chi connectivity index (χ1n) is 10.7. The van der Waals surface area contributed by atoms with E-state index >= 15 is 0 Å². The molecule has 0 amide bonds. The van der Waals surface area contributed by atoms with Crippen LogP contribution in [0.1, 0.15) is 36.0 Å². The Bertz CT molecular complexity index is 1100. The largest absolute Gasteiger partial charge is 0.416 e. The van der Waals surface area contributed by atoms with Gasteiger partial charge in [-0.3, -0.25) is 4.90 Å². The van der Waals surface area contributed by atoms with Crippen LogP contribution < -0.4 is 0 Å². The van der Waals surface area contributed by atoms with Crippen molar-refractivity contribution in [3.63, 3.8) is 0 Å². The van der Waals surface area contributed by atoms with Crippen LogP contribution in [-0.2, 0) is 6.18 Å². The summed E-state index contributed by atoms with van der Waals surface area (Å²) < 4.78 is 53.7. The minimum absolute atomic E-state index is 0.137. The molecule has 3 aromatic rings. The molecular formula is C27H25F4N. The van der Waals surface area contributed by atoms with Crippen molar-refractivity contribution in [3.05, 3.63) is 101 Å². The smallest absolute Gasteiger partial charge is 0.299 e. The molecule has 1 nitrogen and oxygen atoms in total. The van der Waals surface area contributed by atoms with Gasteiger partial charge >= 0.3 is 6.18 Å². The third-order valence-corrected chi connectivity index (χ3v) is 6.03. The molecule has 166 valence electrons. The Balaban J connectivity index is 1.41. The van der Waals surface area contributed by atoms with E-state index in [0.717, 1.165) is 35.9 Å². The lowest BCUT2D eigenvalue weighted by Crippen LogP contribution is -2.32. The lowest BCUT2D eigenvalue weighted by molar-refractivity contribution is -0.137. The fourth-order valence-electron chi connectivity index (χ4n) is 4.22. The topological polar surface area (TPSA) is 3.24 Å². The number of halogens is 4. The molecule has 3 aromatic carbocycles. The van der Waals surface area contributed by atoms with E-state index < -0.39 is 11.7 Å². The number of nitrogens with zero attached hydrogens (tertiary/aromatic N) is 1. The zero-order valence-corrected chi connectivity index (χ0v) is 17.9. The monoisotopic (exact) mass is 439 g/mol. The van der Waals surface area contributed by atoms with Crippen molar-refractivity contribution in [2.24, 2.45) is 0 Å². The summed E-state index contributed by atoms with van der Waals surface area (Å²) in [5, 5.41) is 0. The second-order valence-corrected chi connectivity index (χ2v) is 8.32. The highest BCUT2D eigenvalue weighted by Gasteiger charge is 2.30. The van der Waals surface area contributed by atoms with Crippen LogP contribution in [0.2, 0.25) is 0 Å². The number of alkyl halides is 3. The molecule has 32 heavy (non-hydrogen) atoms. The fourth-order valence-corrected chi connectivity index (χ4v) is 4.22. The maximum Gasteiger partial charge on any atom is 0.416 e. The van der Waals surface area contributed by atoms with Gasteiger partial charge in [0.2, 0.25) is 0 Å². The summed E-state index contributed by atoms with van der Waals surface area (Å²) >= 11 is 0. The molecule has 0 radical (unpaired) electrons. The average Bonchev–Trinajstić information content (AvgIpc) is 2.79. The summed E-state index contributed by atoms with van der Waals surface area (Å²) in [7, 11) is 0. The van der Waals surface area contributed by atoms with E-state index in [1.807, 2.05) is 48.5 Å². The zero-order valence-electron chi connectivity index (χ0n) is 17.9. The lowest BCUT2D eigenvalue weighted by Gasteiger charge is -2.29. The number of rotatable bonds is 5. The van der Waals surface area contributed by atoms with Crippen LogP contribution in [-0.4, -0.2) is 24.5 Å². The van der Waals surface area contributed by atoms with Gasteiger partial charge in [0, 0.05) is 25.2 Å². The third-order valence-electron chi connectivity index (χ3n) is 6.03. The number of hydrogen-bond donors (Lipinski definition) is 0. The van der Waals surface area contributed by atoms with E-state index in [9.17, 15) is 17.6 Å². The van der Waals surface area contributed by atoms with Crippen LogP contribution in [0.3, 0.4) is 0 Å². The predicted molar refractivity (Wildman–Crippen MR) is 121 cm³/mol. The Labute approximate surface area is 186 Å². The average molecular weight is 439 g/mol. The molecule has 0 saturated carbocycles. The van der Waals surface area contributed by atoms with Crippen molar-refractivity contribution in [1.29, 1.82) is 0 Å². The molecule has 1 aliphatic rings. The first kappa shape index (κ1) is 22.3. The van der Waals surface area contributed by atoms with Gasteiger partial charge in [-0.05, 0) is 52.8 Å². The molecular weight excluding hydrogens is 414 g/mol. The SMILES string of the molecule is CC(CN1CC=C(c2cccc(C(F)(F)F)c2)CC1)c1ccc(-c2ccccc2)c(F)c1. The number of hydrogen-bond acceptors (Lipinski definition) is 1. The molecule has 1 aliphatic heterocycles. The first-order valence-corrected chi connectivity index (χ1v) is 10.7. The van der Waals surface area contributed by atoms with E-state index in [1.165, 1.54) is 12.1 Å². The van der Waals surface area contributed by atoms with E-state index in [1.54, 1.807) is 12.1 Å². The molecule has 0 aliphatic carbocycles. The minimum Gasteiger partial charge on any atom is -0.299 e. The highest BCUT2D eigenvalue weighted by molar-refractivity contribution is 5.67. The summed E-state index contributed by atoms with van der Waals surface area (Å²) in [6.07, 6.45) is -1.64. The van der Waals surface area contributed by atoms with Gasteiger partial charge in [0.25, 0.3) is 0 Å². The van der Waals surface area contributed by atoms with Gasteiger partial charge in [0.1, 0.15) is 5.82 Å². The van der Waals surface area contributed by atoms with Crippen molar-refractivity contribution in [2.45, 2.75) is 25.4 Å². The van der Waals surface area contributed by atoms with Crippen LogP contribution in [0.15, 0.2) is 78.9 Å². The highest BCUT2D eigenvalue weighted by Crippen LogP contribution is 2.33. The summed E-state index contributed by atoms with van der Waals surface area (Å²) in [5.74, 6) is -0.0937. The normalized spacial score (nSPS) is 16.0. The van der Waals surface area contributed by atoms with Crippen molar-refractivity contribution in [1.82, 2.24) is 4.90 Å². The Kier molecular flexibility index (Phi) is 6.47. The quantitative estimate of drug-likeness (QED) is 0.374. The Morgan fingerprint density at radius 1 is 0.906 bits per heavy atom. The second kappa shape index (κ2) is 9.29. The highest BCUT2D eigenvalue weighted by atomic mass is 19.4. The lowest BCUT2D eigenvalue weighted by atomic mass is 9.94. The Morgan fingerprint density at radius 3 is 2.31 bits per heavy atom. The van der Waals surface area contributed by atoms with Gasteiger partial charge in [0.05, 0.1) is 5.56 Å². The maximum atomic E-state index is 14.7.